The average Bonchev–Trinajstić information content (AvgIpc) is 2.52. The number of ether oxygens (including phenoxy) is 1. The Morgan fingerprint density at radius 2 is 1.81 bits per heavy atom. The number of nitrogens with zero attached hydrogens (tertiary/aromatic N) is 1. The molecule has 1 rings (SSSR count). The van der Waals surface area contributed by atoms with Gasteiger partial charge in [-0.15, -0.1) is 0 Å². The van der Waals surface area contributed by atoms with E-state index in [1.807, 2.05) is 0 Å². The van der Waals surface area contributed by atoms with Gasteiger partial charge in [0, 0.05) is 19.2 Å². The molecule has 0 aliphatic rings. The van der Waals surface area contributed by atoms with Crippen molar-refractivity contribution in [3.8, 4) is 0 Å². The normalized spacial score (nSPS) is 13.1. The fraction of sp³-hybridized carbons (Fsp3) is 0.556. The lowest BCUT2D eigenvalue weighted by atomic mass is 9.92. The van der Waals surface area contributed by atoms with E-state index in [0.717, 1.165) is 11.0 Å². The fourth-order valence-corrected chi connectivity index (χ4v) is 2.81. The Balaban J connectivity index is 3.39. The molecule has 0 heterocycles. The highest BCUT2D eigenvalue weighted by atomic mass is 19.4. The summed E-state index contributed by atoms with van der Waals surface area (Å²) in [7, 11) is 1.44. The minimum Gasteiger partial charge on any atom is -0.465 e. The Kier molecular flexibility index (Phi) is 7.65. The van der Waals surface area contributed by atoms with E-state index in [-0.39, 0.29) is 18.7 Å². The van der Waals surface area contributed by atoms with Gasteiger partial charge < -0.3 is 15.2 Å². The molecule has 1 aromatic carbocycles. The molecule has 152 valence electrons. The van der Waals surface area contributed by atoms with Crippen LogP contribution in [-0.2, 0) is 15.7 Å². The second-order valence-electron chi connectivity index (χ2n) is 6.97. The van der Waals surface area contributed by atoms with Crippen LogP contribution in [0.5, 0.6) is 0 Å². The predicted molar refractivity (Wildman–Crippen MR) is 93.3 cm³/mol. The monoisotopic (exact) mass is 390 g/mol. The third-order valence-corrected chi connectivity index (χ3v) is 3.87. The molecular formula is C18H25F3N2O4. The first-order valence-corrected chi connectivity index (χ1v) is 8.33. The number of carboxylic acid groups (broad SMARTS) is 1. The lowest BCUT2D eigenvalue weighted by molar-refractivity contribution is -0.139. The van der Waals surface area contributed by atoms with Crippen LogP contribution in [0.4, 0.5) is 18.0 Å². The van der Waals surface area contributed by atoms with E-state index in [1.54, 1.807) is 20.8 Å². The van der Waals surface area contributed by atoms with Crippen LogP contribution >= 0.6 is 0 Å². The van der Waals surface area contributed by atoms with Crippen LogP contribution in [-0.4, -0.2) is 47.8 Å². The van der Waals surface area contributed by atoms with E-state index in [0.29, 0.717) is 0 Å². The van der Waals surface area contributed by atoms with E-state index in [9.17, 15) is 27.9 Å². The van der Waals surface area contributed by atoms with Crippen molar-refractivity contribution < 1.29 is 32.6 Å². The minimum absolute atomic E-state index is 0.172. The Bertz CT molecular complexity index is 657. The van der Waals surface area contributed by atoms with Gasteiger partial charge in [0.05, 0.1) is 24.6 Å². The molecule has 0 aliphatic carbocycles. The molecule has 9 heteroatoms. The number of carbonyl (C=O) groups is 2. The summed E-state index contributed by atoms with van der Waals surface area (Å²) in [6, 6.07) is 3.40. The lowest BCUT2D eigenvalue weighted by Crippen LogP contribution is -2.48. The van der Waals surface area contributed by atoms with Gasteiger partial charge in [0.1, 0.15) is 0 Å². The van der Waals surface area contributed by atoms with Crippen molar-refractivity contribution in [3.63, 3.8) is 0 Å². The van der Waals surface area contributed by atoms with E-state index in [1.165, 1.54) is 25.3 Å². The molecule has 27 heavy (non-hydrogen) atoms. The third-order valence-electron chi connectivity index (χ3n) is 3.87. The highest BCUT2D eigenvalue weighted by Gasteiger charge is 2.41. The van der Waals surface area contributed by atoms with E-state index in [4.69, 9.17) is 4.74 Å². The van der Waals surface area contributed by atoms with Gasteiger partial charge in [-0.2, -0.15) is 13.2 Å². The SMILES string of the molecule is COCCNC(=O)C[C@@H](c1ccccc1C(F)(F)F)N(C(=O)O)C(C)(C)C. The lowest BCUT2D eigenvalue weighted by Gasteiger charge is -2.40. The zero-order valence-electron chi connectivity index (χ0n) is 15.8. The summed E-state index contributed by atoms with van der Waals surface area (Å²) >= 11 is 0. The van der Waals surface area contributed by atoms with Crippen LogP contribution in [0, 0.1) is 0 Å². The highest BCUT2D eigenvalue weighted by molar-refractivity contribution is 5.78. The molecule has 0 aliphatic heterocycles. The largest absolute Gasteiger partial charge is 0.465 e. The van der Waals surface area contributed by atoms with Crippen LogP contribution < -0.4 is 5.32 Å². The number of carbonyl (C=O) groups excluding carboxylic acids is 1. The maximum Gasteiger partial charge on any atom is 0.416 e. The van der Waals surface area contributed by atoms with E-state index < -0.39 is 41.7 Å². The highest BCUT2D eigenvalue weighted by Crippen LogP contribution is 2.39. The third kappa shape index (κ3) is 6.42. The standard InChI is InChI=1S/C18H25F3N2O4/c1-17(2,3)23(16(25)26)14(11-15(24)22-9-10-27-4)12-7-5-6-8-13(12)18(19,20)21/h5-8,14H,9-11H2,1-4H3,(H,22,24)(H,25,26)/t14-/m0/s1. The summed E-state index contributed by atoms with van der Waals surface area (Å²) in [6.07, 6.45) is -6.53. The maximum atomic E-state index is 13.5. The molecule has 0 fully saturated rings. The summed E-state index contributed by atoms with van der Waals surface area (Å²) in [5, 5.41) is 12.2. The molecule has 0 saturated carbocycles. The summed E-state index contributed by atoms with van der Waals surface area (Å²) in [5.41, 5.74) is -2.25. The molecular weight excluding hydrogens is 365 g/mol. The van der Waals surface area contributed by atoms with Gasteiger partial charge in [-0.1, -0.05) is 18.2 Å². The topological polar surface area (TPSA) is 78.9 Å². The average molecular weight is 390 g/mol. The molecule has 1 aromatic rings. The Morgan fingerprint density at radius 1 is 1.22 bits per heavy atom. The summed E-state index contributed by atoms with van der Waals surface area (Å²) in [4.78, 5) is 25.0. The molecule has 0 unspecified atom stereocenters. The summed E-state index contributed by atoms with van der Waals surface area (Å²) in [5.74, 6) is -0.565. The number of rotatable bonds is 7. The number of amides is 2. The Labute approximate surface area is 156 Å². The smallest absolute Gasteiger partial charge is 0.416 e. The maximum absolute atomic E-state index is 13.5. The molecule has 2 amide bonds. The van der Waals surface area contributed by atoms with E-state index >= 15 is 0 Å². The zero-order chi connectivity index (χ0) is 20.8. The van der Waals surface area contributed by atoms with Gasteiger partial charge in [-0.05, 0) is 32.4 Å². The second kappa shape index (κ2) is 9.07. The molecule has 0 aromatic heterocycles. The van der Waals surface area contributed by atoms with Crippen molar-refractivity contribution in [2.45, 2.75) is 44.9 Å². The van der Waals surface area contributed by atoms with Crippen molar-refractivity contribution in [2.24, 2.45) is 0 Å². The number of nitrogens with one attached hydrogen (secondary N) is 1. The van der Waals surface area contributed by atoms with Crippen LogP contribution in [0.25, 0.3) is 0 Å². The first-order chi connectivity index (χ1) is 12.4. The van der Waals surface area contributed by atoms with Crippen molar-refractivity contribution in [1.82, 2.24) is 10.2 Å². The Morgan fingerprint density at radius 3 is 2.30 bits per heavy atom. The van der Waals surface area contributed by atoms with Gasteiger partial charge in [0.15, 0.2) is 0 Å². The van der Waals surface area contributed by atoms with Crippen molar-refractivity contribution in [1.29, 1.82) is 0 Å². The molecule has 2 N–H and O–H groups in total. The summed E-state index contributed by atoms with van der Waals surface area (Å²) < 4.78 is 45.2. The van der Waals surface area contributed by atoms with E-state index in [2.05, 4.69) is 5.32 Å². The fourth-order valence-electron chi connectivity index (χ4n) is 2.81. The molecule has 0 saturated heterocycles. The second-order valence-corrected chi connectivity index (χ2v) is 6.97. The van der Waals surface area contributed by atoms with Crippen molar-refractivity contribution in [2.75, 3.05) is 20.3 Å². The number of methoxy groups -OCH3 is 1. The molecule has 6 nitrogen and oxygen atoms in total. The van der Waals surface area contributed by atoms with Crippen LogP contribution in [0.15, 0.2) is 24.3 Å². The Hall–Kier alpha value is -2.29. The van der Waals surface area contributed by atoms with Crippen molar-refractivity contribution in [3.05, 3.63) is 35.4 Å². The van der Waals surface area contributed by atoms with Crippen LogP contribution in [0.3, 0.4) is 0 Å². The first kappa shape index (κ1) is 22.8. The molecule has 1 atom stereocenters. The first-order valence-electron chi connectivity index (χ1n) is 8.33. The number of alkyl halides is 3. The zero-order valence-corrected chi connectivity index (χ0v) is 15.8. The minimum atomic E-state index is -4.68. The molecule has 0 spiro atoms. The van der Waals surface area contributed by atoms with Gasteiger partial charge in [0.2, 0.25) is 5.91 Å². The number of hydrogen-bond acceptors (Lipinski definition) is 3. The van der Waals surface area contributed by atoms with Gasteiger partial charge in [-0.25, -0.2) is 4.79 Å². The van der Waals surface area contributed by atoms with Gasteiger partial charge in [0.25, 0.3) is 0 Å². The molecule has 0 radical (unpaired) electrons. The van der Waals surface area contributed by atoms with Crippen LogP contribution in [0.2, 0.25) is 0 Å². The van der Waals surface area contributed by atoms with Gasteiger partial charge in [-0.3, -0.25) is 9.69 Å². The summed E-state index contributed by atoms with van der Waals surface area (Å²) in [6.45, 7) is 5.09. The van der Waals surface area contributed by atoms with Crippen LogP contribution in [0.1, 0.15) is 44.4 Å². The van der Waals surface area contributed by atoms with Crippen molar-refractivity contribution >= 4 is 12.0 Å². The quantitative estimate of drug-likeness (QED) is 0.696. The number of benzene rings is 1. The number of halogens is 3. The predicted octanol–water partition coefficient (Wildman–Crippen LogP) is 3.68. The number of hydrogen-bond donors (Lipinski definition) is 2. The molecule has 0 bridgehead atoms. The van der Waals surface area contributed by atoms with Gasteiger partial charge >= 0.3 is 12.3 Å².